The molecule has 0 N–H and O–H groups in total. The number of hydrogen-bond donors (Lipinski definition) is 0. The Hall–Kier alpha value is -1.12. The first-order chi connectivity index (χ1) is 4.04. The van der Waals surface area contributed by atoms with Crippen molar-refractivity contribution in [3.8, 4) is 0 Å². The lowest BCUT2D eigenvalue weighted by Gasteiger charge is -1.97. The Morgan fingerprint density at radius 2 is 2.00 bits per heavy atom. The highest BCUT2D eigenvalue weighted by molar-refractivity contribution is 6.32. The number of carboxylic acids is 1. The molecule has 0 saturated heterocycles. The molecule has 50 valence electrons. The van der Waals surface area contributed by atoms with Crippen molar-refractivity contribution in [2.75, 3.05) is 0 Å². The third kappa shape index (κ3) is 3.46. The highest BCUT2D eigenvalue weighted by Gasteiger charge is 2.00. The summed E-state index contributed by atoms with van der Waals surface area (Å²) in [5.74, 6) is -2.56. The molecule has 9 heavy (non-hydrogen) atoms. The van der Waals surface area contributed by atoms with Gasteiger partial charge in [-0.3, -0.25) is 4.79 Å². The van der Waals surface area contributed by atoms with E-state index >= 15 is 0 Å². The largest absolute Gasteiger partial charge is 0.542 e. The molecular formula is C6H7O3-. The molecule has 0 rings (SSSR count). The maximum Gasteiger partial charge on any atom is 0.182 e. The number of Topliss-reactive ketones (excluding diaryl/α,β-unsaturated/α-hetero) is 1. The van der Waals surface area contributed by atoms with Crippen molar-refractivity contribution in [3.05, 3.63) is 12.2 Å². The van der Waals surface area contributed by atoms with Crippen molar-refractivity contribution in [1.82, 2.24) is 0 Å². The third-order valence-corrected chi connectivity index (χ3v) is 0.690. The number of carbonyl (C=O) groups is 2. The summed E-state index contributed by atoms with van der Waals surface area (Å²) in [5.41, 5.74) is 0.532. The second-order valence-electron chi connectivity index (χ2n) is 1.84. The standard InChI is InChI=1S/C6H8O3/c1-4(2)3-5(7)6(8)9/h1,3H2,2H3,(H,8,9)/p-1/i6+1. The molecule has 3 heteroatoms. The fourth-order valence-corrected chi connectivity index (χ4v) is 0.346. The van der Waals surface area contributed by atoms with Gasteiger partial charge in [0, 0.05) is 6.42 Å². The first-order valence-corrected chi connectivity index (χ1v) is 2.42. The summed E-state index contributed by atoms with van der Waals surface area (Å²) in [6.45, 7) is 4.95. The van der Waals surface area contributed by atoms with Gasteiger partial charge in [0.15, 0.2) is 5.78 Å². The summed E-state index contributed by atoms with van der Waals surface area (Å²) in [6, 6.07) is 0. The number of allylic oxidation sites excluding steroid dienone is 1. The van der Waals surface area contributed by atoms with Crippen LogP contribution < -0.4 is 5.11 Å². The van der Waals surface area contributed by atoms with Gasteiger partial charge < -0.3 is 9.90 Å². The summed E-state index contributed by atoms with van der Waals surface area (Å²) >= 11 is 0. The van der Waals surface area contributed by atoms with Crippen LogP contribution in [0, 0.1) is 0 Å². The van der Waals surface area contributed by atoms with Crippen molar-refractivity contribution in [3.63, 3.8) is 0 Å². The van der Waals surface area contributed by atoms with E-state index in [1.807, 2.05) is 0 Å². The van der Waals surface area contributed by atoms with Crippen LogP contribution >= 0.6 is 0 Å². The van der Waals surface area contributed by atoms with Gasteiger partial charge in [-0.25, -0.2) is 0 Å². The second kappa shape index (κ2) is 3.02. The van der Waals surface area contributed by atoms with Gasteiger partial charge >= 0.3 is 0 Å². The highest BCUT2D eigenvalue weighted by Crippen LogP contribution is 1.94. The number of rotatable bonds is 3. The van der Waals surface area contributed by atoms with Crippen molar-refractivity contribution < 1.29 is 14.7 Å². The van der Waals surface area contributed by atoms with E-state index < -0.39 is 11.8 Å². The molecule has 3 nitrogen and oxygen atoms in total. The molecule has 0 amide bonds. The van der Waals surface area contributed by atoms with Gasteiger partial charge in [0.2, 0.25) is 0 Å². The molecular weight excluding hydrogens is 121 g/mol. The third-order valence-electron chi connectivity index (χ3n) is 0.690. The Morgan fingerprint density at radius 1 is 1.56 bits per heavy atom. The first-order valence-electron chi connectivity index (χ1n) is 2.42. The number of carbonyl (C=O) groups excluding carboxylic acids is 2. The zero-order valence-electron chi connectivity index (χ0n) is 5.14. The van der Waals surface area contributed by atoms with Crippen LogP contribution in [0.2, 0.25) is 0 Å². The molecule has 0 unspecified atom stereocenters. The van der Waals surface area contributed by atoms with Crippen molar-refractivity contribution in [2.24, 2.45) is 0 Å². The van der Waals surface area contributed by atoms with Crippen LogP contribution in [0.4, 0.5) is 0 Å². The second-order valence-corrected chi connectivity index (χ2v) is 1.84. The Morgan fingerprint density at radius 3 is 2.11 bits per heavy atom. The minimum absolute atomic E-state index is 0.123. The van der Waals surface area contributed by atoms with E-state index in [-0.39, 0.29) is 6.42 Å². The predicted octanol–water partition coefficient (Wildman–Crippen LogP) is -0.728. The molecule has 0 aromatic rings. The van der Waals surface area contributed by atoms with Crippen molar-refractivity contribution in [2.45, 2.75) is 13.3 Å². The van der Waals surface area contributed by atoms with Gasteiger partial charge in [-0.1, -0.05) is 12.2 Å². The molecule has 0 saturated carbocycles. The lowest BCUT2D eigenvalue weighted by molar-refractivity contribution is -0.299. The van der Waals surface area contributed by atoms with Crippen LogP contribution in [-0.2, 0) is 9.59 Å². The van der Waals surface area contributed by atoms with E-state index in [2.05, 4.69) is 6.58 Å². The molecule has 0 aliphatic carbocycles. The summed E-state index contributed by atoms with van der Waals surface area (Å²) < 4.78 is 0. The van der Waals surface area contributed by atoms with E-state index in [0.717, 1.165) is 0 Å². The molecule has 0 spiro atoms. The fraction of sp³-hybridized carbons (Fsp3) is 0.333. The molecule has 0 aromatic carbocycles. The van der Waals surface area contributed by atoms with Gasteiger partial charge in [-0.2, -0.15) is 0 Å². The molecule has 0 fully saturated rings. The Balaban J connectivity index is 3.79. The molecule has 0 radical (unpaired) electrons. The van der Waals surface area contributed by atoms with Gasteiger partial charge in [0.25, 0.3) is 0 Å². The average Bonchev–Trinajstić information content (AvgIpc) is 1.63. The first kappa shape index (κ1) is 7.88. The number of aliphatic carboxylic acids is 1. The van der Waals surface area contributed by atoms with Crippen molar-refractivity contribution >= 4 is 11.8 Å². The molecule has 0 bridgehead atoms. The van der Waals surface area contributed by atoms with Crippen LogP contribution in [0.3, 0.4) is 0 Å². The van der Waals surface area contributed by atoms with Gasteiger partial charge in [0.05, 0.1) is 0 Å². The number of carboxylic acid groups (broad SMARTS) is 1. The fourth-order valence-electron chi connectivity index (χ4n) is 0.346. The number of ketones is 1. The van der Waals surface area contributed by atoms with Crippen LogP contribution in [0.5, 0.6) is 0 Å². The van der Waals surface area contributed by atoms with Crippen LogP contribution in [0.1, 0.15) is 13.3 Å². The maximum absolute atomic E-state index is 10.2. The Kier molecular flexibility index (Phi) is 2.64. The minimum atomic E-state index is -1.64. The van der Waals surface area contributed by atoms with E-state index in [1.54, 1.807) is 6.92 Å². The van der Waals surface area contributed by atoms with Crippen LogP contribution in [0.25, 0.3) is 0 Å². The molecule has 0 heterocycles. The van der Waals surface area contributed by atoms with Gasteiger partial charge in [-0.05, 0) is 6.92 Å². The van der Waals surface area contributed by atoms with Gasteiger partial charge in [-0.15, -0.1) is 0 Å². The number of hydrogen-bond acceptors (Lipinski definition) is 3. The Bertz CT molecular complexity index is 158. The Labute approximate surface area is 53.0 Å². The maximum atomic E-state index is 10.2. The summed E-state index contributed by atoms with van der Waals surface area (Å²) in [4.78, 5) is 20.0. The molecule has 0 aromatic heterocycles. The van der Waals surface area contributed by atoms with Crippen molar-refractivity contribution in [1.29, 1.82) is 0 Å². The summed E-state index contributed by atoms with van der Waals surface area (Å²) in [7, 11) is 0. The van der Waals surface area contributed by atoms with E-state index in [9.17, 15) is 14.7 Å². The molecule has 0 aliphatic rings. The van der Waals surface area contributed by atoms with E-state index in [1.165, 1.54) is 0 Å². The highest BCUT2D eigenvalue weighted by atomic mass is 16.5. The summed E-state index contributed by atoms with van der Waals surface area (Å²) in [6.07, 6.45) is -0.123. The normalized spacial score (nSPS) is 8.56. The quantitative estimate of drug-likeness (QED) is 0.286. The SMILES string of the molecule is C=C(C)CC(=O)[13C](=O)[O-]. The average molecular weight is 128 g/mol. The predicted molar refractivity (Wildman–Crippen MR) is 29.4 cm³/mol. The van der Waals surface area contributed by atoms with E-state index in [0.29, 0.717) is 5.57 Å². The van der Waals surface area contributed by atoms with E-state index in [4.69, 9.17) is 0 Å². The minimum Gasteiger partial charge on any atom is -0.542 e. The smallest absolute Gasteiger partial charge is 0.182 e. The lowest BCUT2D eigenvalue weighted by atomic mass is 10.2. The van der Waals surface area contributed by atoms with Crippen LogP contribution in [-0.4, -0.2) is 11.8 Å². The molecule has 0 aliphatic heterocycles. The molecule has 0 atom stereocenters. The van der Waals surface area contributed by atoms with Crippen LogP contribution in [0.15, 0.2) is 12.2 Å². The van der Waals surface area contributed by atoms with Gasteiger partial charge in [0.1, 0.15) is 5.97 Å². The zero-order chi connectivity index (χ0) is 7.44. The monoisotopic (exact) mass is 128 g/mol. The topological polar surface area (TPSA) is 57.2 Å². The zero-order valence-corrected chi connectivity index (χ0v) is 5.14. The summed E-state index contributed by atoms with van der Waals surface area (Å²) in [5, 5.41) is 9.73. The lowest BCUT2D eigenvalue weighted by Crippen LogP contribution is -2.31.